The van der Waals surface area contributed by atoms with Crippen molar-refractivity contribution in [2.75, 3.05) is 0 Å². The molecule has 0 aromatic carbocycles. The second kappa shape index (κ2) is 22.2. The number of ketones is 1. The first kappa shape index (κ1) is 54.7. The van der Waals surface area contributed by atoms with Crippen LogP contribution in [0.1, 0.15) is 161 Å². The van der Waals surface area contributed by atoms with E-state index in [1.807, 2.05) is 46.9 Å². The summed E-state index contributed by atoms with van der Waals surface area (Å²) >= 11 is 1.61. The maximum Gasteiger partial charge on any atom is 0.380 e. The number of Topliss-reactive ketones (excluding diaryl/α,β-unsaturated/α-hetero) is 1. The molecule has 0 radical (unpaired) electrons. The number of aliphatic hydroxyl groups excluding tert-OH is 1. The zero-order chi connectivity index (χ0) is 45.4. The van der Waals surface area contributed by atoms with E-state index in [9.17, 15) is 19.8 Å². The number of aromatic nitrogens is 1. The van der Waals surface area contributed by atoms with Gasteiger partial charge in [0.1, 0.15) is 5.78 Å². The van der Waals surface area contributed by atoms with E-state index < -0.39 is 55.0 Å². The van der Waals surface area contributed by atoms with Gasteiger partial charge in [-0.05, 0) is 93.2 Å². The van der Waals surface area contributed by atoms with Crippen LogP contribution in [0.5, 0.6) is 0 Å². The van der Waals surface area contributed by atoms with Crippen molar-refractivity contribution in [1.29, 1.82) is 0 Å². The number of thiazole rings is 1. The van der Waals surface area contributed by atoms with Crippen LogP contribution in [-0.4, -0.2) is 70.8 Å². The fraction of sp³-hybridized carbons (Fsp3) is 0.800. The van der Waals surface area contributed by atoms with E-state index in [2.05, 4.69) is 92.5 Å². The molecule has 1 rings (SSSR count). The lowest BCUT2D eigenvalue weighted by molar-refractivity contribution is -0.146. The predicted octanol–water partition coefficient (Wildman–Crippen LogP) is 13.4. The highest BCUT2D eigenvalue weighted by atomic mass is 32.1. The third-order valence-electron chi connectivity index (χ3n) is 12.8. The monoisotopic (exact) mass is 886 g/mol. The van der Waals surface area contributed by atoms with Gasteiger partial charge in [-0.2, -0.15) is 0 Å². The minimum atomic E-state index is -3.65. The summed E-state index contributed by atoms with van der Waals surface area (Å²) in [6, 6.07) is 0. The molecule has 58 heavy (non-hydrogen) atoms. The largest absolute Gasteiger partial charge is 0.481 e. The Labute approximate surface area is 360 Å². The van der Waals surface area contributed by atoms with Crippen molar-refractivity contribution < 1.29 is 36.9 Å². The Hall–Kier alpha value is -1.33. The van der Waals surface area contributed by atoms with Crippen molar-refractivity contribution in [1.82, 2.24) is 4.98 Å². The fourth-order valence-electron chi connectivity index (χ4n) is 7.48. The van der Waals surface area contributed by atoms with E-state index in [0.717, 1.165) is 29.1 Å². The minimum Gasteiger partial charge on any atom is -0.481 e. The topological polar surface area (TPSA) is 115 Å². The maximum atomic E-state index is 16.9. The Balaban J connectivity index is 3.28. The number of carboxylic acid groups (broad SMARTS) is 1. The molecule has 1 heterocycles. The molecule has 0 spiro atoms. The lowest BCUT2D eigenvalue weighted by atomic mass is 9.73. The van der Waals surface area contributed by atoms with Crippen LogP contribution in [-0.2, 0) is 22.6 Å². The first-order valence-electron chi connectivity index (χ1n) is 21.7. The van der Waals surface area contributed by atoms with Gasteiger partial charge in [0.25, 0.3) is 0 Å². The first-order chi connectivity index (χ1) is 26.3. The summed E-state index contributed by atoms with van der Waals surface area (Å²) in [5, 5.41) is 24.1. The number of halogens is 1. The highest BCUT2D eigenvalue weighted by Gasteiger charge is 2.57. The molecule has 2 N–H and O–H groups in total. The molecule has 0 aliphatic carbocycles. The van der Waals surface area contributed by atoms with Crippen molar-refractivity contribution in [3.63, 3.8) is 0 Å². The minimum absolute atomic E-state index is 0.0232. The van der Waals surface area contributed by atoms with E-state index in [0.29, 0.717) is 12.8 Å². The summed E-state index contributed by atoms with van der Waals surface area (Å²) in [5.41, 5.74) is 1.63. The summed E-state index contributed by atoms with van der Waals surface area (Å²) in [6.45, 7) is 40.0. The molecule has 0 aliphatic heterocycles. The van der Waals surface area contributed by atoms with Gasteiger partial charge in [0.2, 0.25) is 0 Å². The van der Waals surface area contributed by atoms with E-state index in [1.165, 1.54) is 5.57 Å². The van der Waals surface area contributed by atoms with Crippen LogP contribution in [0.3, 0.4) is 0 Å². The van der Waals surface area contributed by atoms with Gasteiger partial charge < -0.3 is 23.2 Å². The summed E-state index contributed by atoms with van der Waals surface area (Å²) in [4.78, 5) is 30.6. The lowest BCUT2D eigenvalue weighted by Crippen LogP contribution is -2.59. The van der Waals surface area contributed by atoms with Gasteiger partial charge >= 0.3 is 23.2 Å². The SMILES string of the molecule is C/C(=C/C[C@H](O[Si](O[Si](F)(C(C)C)C(C)C)(C(C)C)C(C)C)/C(C)=C/c1csc(C)n1)CCC[C@H](C)[C@H](O)[C@@H](C)C(=O)C(C)(C)[C@H](CC(=O)O)O[Si](C)(C)C(C)(C)C. The Kier molecular flexibility index (Phi) is 20.9. The van der Waals surface area contributed by atoms with Crippen molar-refractivity contribution in [3.05, 3.63) is 33.3 Å². The number of nitrogens with zero attached hydrogens (tertiary/aromatic N) is 1. The van der Waals surface area contributed by atoms with Crippen LogP contribution in [0, 0.1) is 24.2 Å². The molecule has 336 valence electrons. The van der Waals surface area contributed by atoms with Crippen LogP contribution in [0.15, 0.2) is 22.6 Å². The third kappa shape index (κ3) is 14.7. The number of carbonyl (C=O) groups excluding carboxylic acids is 1. The average molecular weight is 886 g/mol. The van der Waals surface area contributed by atoms with Crippen LogP contribution < -0.4 is 0 Å². The second-order valence-corrected chi connectivity index (χ2v) is 34.7. The molecule has 0 bridgehead atoms. The van der Waals surface area contributed by atoms with Gasteiger partial charge in [-0.15, -0.1) is 11.3 Å². The molecule has 0 aliphatic rings. The number of carboxylic acids is 1. The maximum absolute atomic E-state index is 16.9. The molecule has 5 atom stereocenters. The Morgan fingerprint density at radius 3 is 1.88 bits per heavy atom. The van der Waals surface area contributed by atoms with Gasteiger partial charge in [-0.1, -0.05) is 116 Å². The number of aliphatic carboxylic acids is 1. The normalized spacial score (nSPS) is 17.0. The van der Waals surface area contributed by atoms with Crippen LogP contribution >= 0.6 is 11.3 Å². The molecule has 1 aromatic heterocycles. The van der Waals surface area contributed by atoms with Gasteiger partial charge in [-0.25, -0.2) is 4.98 Å². The second-order valence-electron chi connectivity index (χ2n) is 20.4. The fourth-order valence-corrected chi connectivity index (χ4v) is 19.4. The lowest BCUT2D eigenvalue weighted by Gasteiger charge is -2.46. The number of hydrogen-bond acceptors (Lipinski definition) is 8. The Morgan fingerprint density at radius 2 is 1.45 bits per heavy atom. The van der Waals surface area contributed by atoms with Crippen LogP contribution in [0.25, 0.3) is 6.08 Å². The van der Waals surface area contributed by atoms with E-state index in [1.54, 1.807) is 32.1 Å². The highest BCUT2D eigenvalue weighted by Crippen LogP contribution is 2.46. The number of carbonyl (C=O) groups is 2. The standard InChI is InChI=1S/C45H84FNO7SSi3/c1-29(2)57(46,30(3)4)54-58(31(5)6,32(7)8)52-39(35(11)26-38-28-55-37(13)47-38)25-24-33(9)22-21-23-34(10)42(50)36(12)43(51)45(17,18)40(27-41(48)49)53-56(19,20)44(14,15)16/h24,26,28-32,34,36,39-40,42,50H,21-23,25,27H2,1-20H3,(H,48,49)/b33-24-,35-26+/t34-,36+,39-,40-,42-/m0/s1. The van der Waals surface area contributed by atoms with Gasteiger partial charge in [0.05, 0.1) is 35.4 Å². The van der Waals surface area contributed by atoms with Gasteiger partial charge in [0, 0.05) is 27.8 Å². The van der Waals surface area contributed by atoms with Crippen molar-refractivity contribution in [2.24, 2.45) is 17.3 Å². The quantitative estimate of drug-likeness (QED) is 0.0567. The molecule has 13 heteroatoms. The van der Waals surface area contributed by atoms with Crippen LogP contribution in [0.2, 0.25) is 40.3 Å². The Bertz CT molecular complexity index is 1520. The predicted molar refractivity (Wildman–Crippen MR) is 249 cm³/mol. The van der Waals surface area contributed by atoms with E-state index >= 15 is 4.11 Å². The number of aliphatic hydroxyl groups is 1. The molecule has 1 aromatic rings. The summed E-state index contributed by atoms with van der Waals surface area (Å²) in [5.74, 6) is -2.04. The van der Waals surface area contributed by atoms with E-state index in [4.69, 9.17) is 13.0 Å². The molecule has 8 nitrogen and oxygen atoms in total. The molecule has 0 saturated carbocycles. The molecule has 0 saturated heterocycles. The molecule has 0 amide bonds. The van der Waals surface area contributed by atoms with Crippen LogP contribution in [0.4, 0.5) is 4.11 Å². The summed E-state index contributed by atoms with van der Waals surface area (Å²) in [6.07, 6.45) is 4.95. The number of allylic oxidation sites excluding steroid dienone is 1. The molecular weight excluding hydrogens is 802 g/mol. The van der Waals surface area contributed by atoms with Crippen molar-refractivity contribution in [3.8, 4) is 0 Å². The van der Waals surface area contributed by atoms with Crippen molar-refractivity contribution in [2.45, 2.75) is 215 Å². The zero-order valence-corrected chi connectivity index (χ0v) is 43.9. The zero-order valence-electron chi connectivity index (χ0n) is 40.1. The summed E-state index contributed by atoms with van der Waals surface area (Å²) < 4.78 is 37.7. The smallest absolute Gasteiger partial charge is 0.380 e. The van der Waals surface area contributed by atoms with Gasteiger partial charge in [-0.3, -0.25) is 13.7 Å². The van der Waals surface area contributed by atoms with Crippen molar-refractivity contribution >= 4 is 54.7 Å². The van der Waals surface area contributed by atoms with Gasteiger partial charge in [0.15, 0.2) is 8.32 Å². The molecular formula is C45H84FNO7SSi3. The number of aryl methyl sites for hydroxylation is 1. The number of hydrogen-bond donors (Lipinski definition) is 2. The summed E-state index contributed by atoms with van der Waals surface area (Å²) in [7, 11) is -9.18. The number of rotatable bonds is 25. The Morgan fingerprint density at radius 1 is 0.914 bits per heavy atom. The highest BCUT2D eigenvalue weighted by molar-refractivity contribution is 7.09. The average Bonchev–Trinajstić information content (AvgIpc) is 3.50. The molecule has 0 unspecified atom stereocenters. The first-order valence-corrected chi connectivity index (χ1v) is 29.4. The van der Waals surface area contributed by atoms with E-state index in [-0.39, 0.29) is 51.4 Å². The third-order valence-corrected chi connectivity index (χ3v) is 27.6. The molecule has 0 fully saturated rings.